The van der Waals surface area contributed by atoms with E-state index in [0.717, 1.165) is 6.42 Å². The molecule has 3 atom stereocenters. The predicted octanol–water partition coefficient (Wildman–Crippen LogP) is 2.28. The van der Waals surface area contributed by atoms with Crippen molar-refractivity contribution in [3.05, 3.63) is 0 Å². The summed E-state index contributed by atoms with van der Waals surface area (Å²) in [6.07, 6.45) is 0.00465. The highest BCUT2D eigenvalue weighted by Crippen LogP contribution is 2.30. The maximum Gasteiger partial charge on any atom is 0.250 e. The van der Waals surface area contributed by atoms with Gasteiger partial charge in [0.2, 0.25) is 0 Å². The molecular formula is C9H17F2N. The van der Waals surface area contributed by atoms with E-state index in [2.05, 4.69) is 19.2 Å². The minimum absolute atomic E-state index is 0.151. The van der Waals surface area contributed by atoms with Crippen LogP contribution in [-0.4, -0.2) is 19.0 Å². The lowest BCUT2D eigenvalue weighted by atomic mass is 9.98. The summed E-state index contributed by atoms with van der Waals surface area (Å²) < 4.78 is 23.7. The van der Waals surface area contributed by atoms with E-state index in [9.17, 15) is 8.78 Å². The average molecular weight is 177 g/mol. The summed E-state index contributed by atoms with van der Waals surface area (Å²) in [7, 11) is 0. The molecule has 0 bridgehead atoms. The molecule has 1 fully saturated rings. The van der Waals surface area contributed by atoms with Crippen LogP contribution in [0.5, 0.6) is 0 Å². The number of nitrogens with one attached hydrogen (secondary N) is 1. The van der Waals surface area contributed by atoms with Crippen LogP contribution < -0.4 is 5.32 Å². The Kier molecular flexibility index (Phi) is 3.44. The summed E-state index contributed by atoms with van der Waals surface area (Å²) >= 11 is 0. The van der Waals surface area contributed by atoms with E-state index in [0.29, 0.717) is 17.9 Å². The van der Waals surface area contributed by atoms with Gasteiger partial charge in [0.05, 0.1) is 6.54 Å². The van der Waals surface area contributed by atoms with Gasteiger partial charge >= 0.3 is 0 Å². The molecule has 12 heavy (non-hydrogen) atoms. The number of hydrogen-bond donors (Lipinski definition) is 1. The Balaban J connectivity index is 2.24. The first-order valence-corrected chi connectivity index (χ1v) is 4.62. The van der Waals surface area contributed by atoms with Crippen LogP contribution in [-0.2, 0) is 0 Å². The topological polar surface area (TPSA) is 12.0 Å². The summed E-state index contributed by atoms with van der Waals surface area (Å²) in [6, 6.07) is 0.314. The maximum absolute atomic E-state index is 11.8. The van der Waals surface area contributed by atoms with Gasteiger partial charge in [-0.3, -0.25) is 0 Å². The van der Waals surface area contributed by atoms with Gasteiger partial charge in [-0.15, -0.1) is 0 Å². The average Bonchev–Trinajstić information content (AvgIpc) is 2.30. The summed E-state index contributed by atoms with van der Waals surface area (Å²) in [4.78, 5) is 0. The second-order valence-electron chi connectivity index (χ2n) is 3.82. The van der Waals surface area contributed by atoms with E-state index in [1.54, 1.807) is 0 Å². The molecule has 1 N–H and O–H groups in total. The molecule has 1 rings (SSSR count). The smallest absolute Gasteiger partial charge is 0.250 e. The zero-order valence-electron chi connectivity index (χ0n) is 7.69. The van der Waals surface area contributed by atoms with Crippen molar-refractivity contribution < 1.29 is 8.78 Å². The van der Waals surface area contributed by atoms with E-state index >= 15 is 0 Å². The molecule has 3 unspecified atom stereocenters. The minimum atomic E-state index is -2.21. The zero-order chi connectivity index (χ0) is 9.14. The van der Waals surface area contributed by atoms with Gasteiger partial charge in [-0.05, 0) is 24.7 Å². The van der Waals surface area contributed by atoms with Gasteiger partial charge in [0, 0.05) is 6.04 Å². The van der Waals surface area contributed by atoms with Crippen molar-refractivity contribution in [1.82, 2.24) is 5.32 Å². The van der Waals surface area contributed by atoms with Gasteiger partial charge in [0.15, 0.2) is 0 Å². The zero-order valence-corrected chi connectivity index (χ0v) is 7.69. The molecule has 0 radical (unpaired) electrons. The van der Waals surface area contributed by atoms with Crippen LogP contribution in [0.25, 0.3) is 0 Å². The number of halogens is 2. The van der Waals surface area contributed by atoms with Gasteiger partial charge in [0.25, 0.3) is 6.43 Å². The van der Waals surface area contributed by atoms with Crippen molar-refractivity contribution >= 4 is 0 Å². The quantitative estimate of drug-likeness (QED) is 0.697. The van der Waals surface area contributed by atoms with Crippen LogP contribution in [0, 0.1) is 11.8 Å². The lowest BCUT2D eigenvalue weighted by Gasteiger charge is -2.19. The Bertz CT molecular complexity index is 138. The van der Waals surface area contributed by atoms with Crippen molar-refractivity contribution in [3.63, 3.8) is 0 Å². The largest absolute Gasteiger partial charge is 0.308 e. The molecule has 1 aliphatic carbocycles. The first-order chi connectivity index (χ1) is 5.61. The van der Waals surface area contributed by atoms with Crippen LogP contribution >= 0.6 is 0 Å². The lowest BCUT2D eigenvalue weighted by Crippen LogP contribution is -2.35. The van der Waals surface area contributed by atoms with E-state index < -0.39 is 6.43 Å². The van der Waals surface area contributed by atoms with E-state index in [1.807, 2.05) is 0 Å². The Morgan fingerprint density at radius 1 is 1.33 bits per heavy atom. The van der Waals surface area contributed by atoms with Crippen molar-refractivity contribution in [2.75, 3.05) is 6.54 Å². The molecule has 0 aromatic carbocycles. The molecule has 0 saturated heterocycles. The van der Waals surface area contributed by atoms with E-state index in [-0.39, 0.29) is 6.54 Å². The summed E-state index contributed by atoms with van der Waals surface area (Å²) in [6.45, 7) is 4.18. The molecule has 3 heteroatoms. The SMILES string of the molecule is CC1CCC(NCC(F)F)C1C. The minimum Gasteiger partial charge on any atom is -0.308 e. The molecule has 0 heterocycles. The standard InChI is InChI=1S/C9H17F2N/c1-6-3-4-8(7(6)2)12-5-9(10)11/h6-9,12H,3-5H2,1-2H3. The van der Waals surface area contributed by atoms with Crippen LogP contribution in [0.2, 0.25) is 0 Å². The van der Waals surface area contributed by atoms with Gasteiger partial charge < -0.3 is 5.32 Å². The van der Waals surface area contributed by atoms with Crippen LogP contribution in [0.4, 0.5) is 8.78 Å². The van der Waals surface area contributed by atoms with Crippen LogP contribution in [0.3, 0.4) is 0 Å². The third kappa shape index (κ3) is 2.41. The molecule has 1 saturated carbocycles. The summed E-state index contributed by atoms with van der Waals surface area (Å²) in [5, 5.41) is 2.91. The highest BCUT2D eigenvalue weighted by Gasteiger charge is 2.29. The van der Waals surface area contributed by atoms with Crippen LogP contribution in [0.15, 0.2) is 0 Å². The second kappa shape index (κ2) is 4.17. The van der Waals surface area contributed by atoms with Crippen molar-refractivity contribution in [3.8, 4) is 0 Å². The van der Waals surface area contributed by atoms with Crippen molar-refractivity contribution in [1.29, 1.82) is 0 Å². The fourth-order valence-corrected chi connectivity index (χ4v) is 1.89. The molecule has 0 aromatic heterocycles. The first-order valence-electron chi connectivity index (χ1n) is 4.62. The Morgan fingerprint density at radius 2 is 2.00 bits per heavy atom. The maximum atomic E-state index is 11.8. The van der Waals surface area contributed by atoms with Gasteiger partial charge in [0.1, 0.15) is 0 Å². The lowest BCUT2D eigenvalue weighted by molar-refractivity contribution is 0.138. The van der Waals surface area contributed by atoms with Crippen molar-refractivity contribution in [2.45, 2.75) is 39.2 Å². The highest BCUT2D eigenvalue weighted by atomic mass is 19.3. The summed E-state index contributed by atoms with van der Waals surface area (Å²) in [5.74, 6) is 1.23. The number of rotatable bonds is 3. The third-order valence-corrected chi connectivity index (χ3v) is 3.00. The molecule has 0 aromatic rings. The van der Waals surface area contributed by atoms with E-state index in [4.69, 9.17) is 0 Å². The number of hydrogen-bond acceptors (Lipinski definition) is 1. The third-order valence-electron chi connectivity index (χ3n) is 3.00. The molecule has 0 aliphatic heterocycles. The molecule has 1 nitrogen and oxygen atoms in total. The van der Waals surface area contributed by atoms with E-state index in [1.165, 1.54) is 6.42 Å². The normalized spacial score (nSPS) is 36.2. The first kappa shape index (κ1) is 9.90. The molecular weight excluding hydrogens is 160 g/mol. The Labute approximate surface area is 72.5 Å². The van der Waals surface area contributed by atoms with Crippen LogP contribution in [0.1, 0.15) is 26.7 Å². The Hall–Kier alpha value is -0.180. The number of alkyl halides is 2. The van der Waals surface area contributed by atoms with Crippen molar-refractivity contribution in [2.24, 2.45) is 11.8 Å². The molecule has 72 valence electrons. The summed E-state index contributed by atoms with van der Waals surface area (Å²) in [5.41, 5.74) is 0. The Morgan fingerprint density at radius 3 is 2.42 bits per heavy atom. The molecule has 1 aliphatic rings. The fraction of sp³-hybridized carbons (Fsp3) is 1.00. The van der Waals surface area contributed by atoms with Gasteiger partial charge in [-0.2, -0.15) is 0 Å². The highest BCUT2D eigenvalue weighted by molar-refractivity contribution is 4.84. The molecule has 0 spiro atoms. The van der Waals surface area contributed by atoms with Gasteiger partial charge in [-0.1, -0.05) is 13.8 Å². The predicted molar refractivity (Wildman–Crippen MR) is 45.4 cm³/mol. The molecule has 0 amide bonds. The fourth-order valence-electron chi connectivity index (χ4n) is 1.89. The second-order valence-corrected chi connectivity index (χ2v) is 3.82. The monoisotopic (exact) mass is 177 g/mol. The van der Waals surface area contributed by atoms with Gasteiger partial charge in [-0.25, -0.2) is 8.78 Å².